The molecule has 1 atom stereocenters. The number of carbonyl (C=O) groups is 1. The van der Waals surface area contributed by atoms with Gasteiger partial charge in [0.15, 0.2) is 0 Å². The zero-order chi connectivity index (χ0) is 22.1. The van der Waals surface area contributed by atoms with Gasteiger partial charge in [0.25, 0.3) is 0 Å². The van der Waals surface area contributed by atoms with Crippen LogP contribution >= 0.6 is 0 Å². The molecule has 0 amide bonds. The largest absolute Gasteiger partial charge is 0.477 e. The highest BCUT2D eigenvalue weighted by Crippen LogP contribution is 2.53. The van der Waals surface area contributed by atoms with E-state index in [1.54, 1.807) is 4.90 Å². The maximum Gasteiger partial charge on any atom is 0.341 e. The summed E-state index contributed by atoms with van der Waals surface area (Å²) in [7, 11) is 0. The van der Waals surface area contributed by atoms with Crippen molar-refractivity contribution < 1.29 is 23.1 Å². The maximum atomic E-state index is 15.0. The first-order valence-electron chi connectivity index (χ1n) is 9.78. The van der Waals surface area contributed by atoms with Crippen molar-refractivity contribution in [2.75, 3.05) is 18.0 Å². The first-order chi connectivity index (χ1) is 14.7. The molecular weight excluding hydrogens is 411 g/mol. The molecule has 2 heterocycles. The molecule has 160 valence electrons. The van der Waals surface area contributed by atoms with Gasteiger partial charge in [-0.2, -0.15) is 0 Å². The molecule has 0 radical (unpaired) electrons. The molecule has 1 saturated carbocycles. The summed E-state index contributed by atoms with van der Waals surface area (Å²) in [5.74, 6) is -3.98. The molecule has 0 bridgehead atoms. The number of hydrogen-bond donors (Lipinski definition) is 2. The average Bonchev–Trinajstić information content (AvgIpc) is 3.41. The zero-order valence-electron chi connectivity index (χ0n) is 16.2. The Morgan fingerprint density at radius 3 is 2.42 bits per heavy atom. The Hall–Kier alpha value is -3.33. The van der Waals surface area contributed by atoms with Gasteiger partial charge in [0, 0.05) is 42.2 Å². The number of rotatable bonds is 3. The molecule has 5 rings (SSSR count). The Kier molecular flexibility index (Phi) is 4.17. The van der Waals surface area contributed by atoms with E-state index in [1.165, 1.54) is 6.07 Å². The number of hydrogen-bond acceptors (Lipinski definition) is 4. The van der Waals surface area contributed by atoms with E-state index >= 15 is 4.39 Å². The van der Waals surface area contributed by atoms with Crippen molar-refractivity contribution in [2.45, 2.75) is 18.9 Å². The van der Waals surface area contributed by atoms with Crippen LogP contribution in [0, 0.1) is 22.9 Å². The number of carboxylic acid groups (broad SMARTS) is 1. The molecule has 9 heteroatoms. The molecule has 1 aliphatic carbocycles. The molecule has 3 N–H and O–H groups in total. The fourth-order valence-electron chi connectivity index (χ4n) is 4.47. The van der Waals surface area contributed by atoms with Crippen molar-refractivity contribution in [3.63, 3.8) is 0 Å². The second-order valence-electron chi connectivity index (χ2n) is 8.31. The standard InChI is InChI=1S/C22H18F3N3O3/c23-11-1-2-16(14(24)5-11)28-8-13(21(30)31)20(29)12-6-15(25)18(7-17(12)28)27-9-19(26)22(10-27)3-4-22/h1-2,5-8,19H,3-4,9-10,26H2,(H,30,31). The van der Waals surface area contributed by atoms with Gasteiger partial charge in [-0.3, -0.25) is 4.79 Å². The third kappa shape index (κ3) is 2.99. The normalized spacial score (nSPS) is 19.4. The smallest absolute Gasteiger partial charge is 0.341 e. The van der Waals surface area contributed by atoms with Crippen LogP contribution in [-0.4, -0.2) is 34.8 Å². The molecule has 2 fully saturated rings. The van der Waals surface area contributed by atoms with E-state index in [-0.39, 0.29) is 33.7 Å². The average molecular weight is 429 g/mol. The lowest BCUT2D eigenvalue weighted by Crippen LogP contribution is -2.30. The summed E-state index contributed by atoms with van der Waals surface area (Å²) in [6, 6.07) is 5.07. The van der Waals surface area contributed by atoms with Gasteiger partial charge < -0.3 is 20.3 Å². The molecule has 2 aliphatic rings. The fraction of sp³-hybridized carbons (Fsp3) is 0.273. The van der Waals surface area contributed by atoms with Crippen LogP contribution in [-0.2, 0) is 0 Å². The lowest BCUT2D eigenvalue weighted by Gasteiger charge is -2.21. The molecule has 2 aromatic carbocycles. The van der Waals surface area contributed by atoms with Crippen LogP contribution < -0.4 is 16.1 Å². The first kappa shape index (κ1) is 19.6. The summed E-state index contributed by atoms with van der Waals surface area (Å²) in [4.78, 5) is 26.1. The highest BCUT2D eigenvalue weighted by atomic mass is 19.1. The SMILES string of the molecule is NC1CN(c2cc3c(cc2F)c(=O)c(C(=O)O)cn3-c2ccc(F)cc2F)CC12CC2. The summed E-state index contributed by atoms with van der Waals surface area (Å²) in [6.45, 7) is 1.00. The minimum Gasteiger partial charge on any atom is -0.477 e. The quantitative estimate of drug-likeness (QED) is 0.668. The Morgan fingerprint density at radius 1 is 1.10 bits per heavy atom. The van der Waals surface area contributed by atoms with Gasteiger partial charge in [-0.1, -0.05) is 0 Å². The van der Waals surface area contributed by atoms with Gasteiger partial charge in [0.1, 0.15) is 23.0 Å². The lowest BCUT2D eigenvalue weighted by atomic mass is 10.0. The van der Waals surface area contributed by atoms with E-state index in [0.717, 1.165) is 41.8 Å². The molecule has 1 saturated heterocycles. The highest BCUT2D eigenvalue weighted by molar-refractivity contribution is 5.94. The number of anilines is 1. The Balaban J connectivity index is 1.77. The Morgan fingerprint density at radius 2 is 1.81 bits per heavy atom. The van der Waals surface area contributed by atoms with Crippen molar-refractivity contribution in [2.24, 2.45) is 11.1 Å². The molecule has 1 aromatic heterocycles. The summed E-state index contributed by atoms with van der Waals surface area (Å²) >= 11 is 0. The van der Waals surface area contributed by atoms with Crippen molar-refractivity contribution >= 4 is 22.6 Å². The zero-order valence-corrected chi connectivity index (χ0v) is 16.2. The summed E-state index contributed by atoms with van der Waals surface area (Å²) < 4.78 is 44.2. The predicted molar refractivity (Wildman–Crippen MR) is 108 cm³/mol. The Bertz CT molecular complexity index is 1320. The molecule has 6 nitrogen and oxygen atoms in total. The van der Waals surface area contributed by atoms with Crippen LogP contribution in [0.5, 0.6) is 0 Å². The van der Waals surface area contributed by atoms with Crippen molar-refractivity contribution in [3.8, 4) is 5.69 Å². The van der Waals surface area contributed by atoms with E-state index in [1.807, 2.05) is 0 Å². The third-order valence-electron chi connectivity index (χ3n) is 6.41. The van der Waals surface area contributed by atoms with E-state index in [9.17, 15) is 23.5 Å². The second kappa shape index (κ2) is 6.58. The van der Waals surface area contributed by atoms with E-state index in [4.69, 9.17) is 5.73 Å². The number of aromatic carboxylic acids is 1. The maximum absolute atomic E-state index is 15.0. The van der Waals surface area contributed by atoms with E-state index < -0.39 is 34.4 Å². The van der Waals surface area contributed by atoms with Crippen molar-refractivity contribution in [1.29, 1.82) is 0 Å². The topological polar surface area (TPSA) is 88.6 Å². The van der Waals surface area contributed by atoms with Gasteiger partial charge in [0.2, 0.25) is 5.43 Å². The third-order valence-corrected chi connectivity index (χ3v) is 6.41. The van der Waals surface area contributed by atoms with Crippen LogP contribution in [0.4, 0.5) is 18.9 Å². The van der Waals surface area contributed by atoms with Gasteiger partial charge in [-0.05, 0) is 37.1 Å². The molecule has 3 aromatic rings. The number of fused-ring (bicyclic) bond motifs is 1. The monoisotopic (exact) mass is 429 g/mol. The molecule has 1 spiro atoms. The Labute approximate surface area is 174 Å². The van der Waals surface area contributed by atoms with Crippen LogP contribution in [0.3, 0.4) is 0 Å². The summed E-state index contributed by atoms with van der Waals surface area (Å²) in [5.41, 5.74) is 4.81. The molecule has 31 heavy (non-hydrogen) atoms. The summed E-state index contributed by atoms with van der Waals surface area (Å²) in [6.07, 6.45) is 2.91. The molecule has 1 aliphatic heterocycles. The van der Waals surface area contributed by atoms with Gasteiger partial charge in [-0.25, -0.2) is 18.0 Å². The van der Waals surface area contributed by atoms with Crippen LogP contribution in [0.25, 0.3) is 16.6 Å². The lowest BCUT2D eigenvalue weighted by molar-refractivity contribution is 0.0695. The van der Waals surface area contributed by atoms with Crippen molar-refractivity contribution in [1.82, 2.24) is 4.57 Å². The van der Waals surface area contributed by atoms with Crippen LogP contribution in [0.1, 0.15) is 23.2 Å². The predicted octanol–water partition coefficient (Wildman–Crippen LogP) is 3.03. The number of nitrogens with zero attached hydrogens (tertiary/aromatic N) is 2. The first-order valence-corrected chi connectivity index (χ1v) is 9.78. The number of benzene rings is 2. The molecular formula is C22H18F3N3O3. The van der Waals surface area contributed by atoms with Crippen LogP contribution in [0.2, 0.25) is 0 Å². The van der Waals surface area contributed by atoms with Gasteiger partial charge >= 0.3 is 5.97 Å². The minimum atomic E-state index is -1.53. The van der Waals surface area contributed by atoms with Gasteiger partial charge in [-0.15, -0.1) is 0 Å². The van der Waals surface area contributed by atoms with Crippen LogP contribution in [0.15, 0.2) is 41.3 Å². The highest BCUT2D eigenvalue weighted by Gasteiger charge is 2.53. The minimum absolute atomic E-state index is 0.0305. The number of halogens is 3. The number of aromatic nitrogens is 1. The number of nitrogens with two attached hydrogens (primary N) is 1. The van der Waals surface area contributed by atoms with E-state index in [0.29, 0.717) is 19.2 Å². The van der Waals surface area contributed by atoms with Crippen molar-refractivity contribution in [3.05, 3.63) is 69.8 Å². The van der Waals surface area contributed by atoms with E-state index in [2.05, 4.69) is 0 Å². The second-order valence-corrected chi connectivity index (χ2v) is 8.31. The van der Waals surface area contributed by atoms with Gasteiger partial charge in [0.05, 0.1) is 16.9 Å². The molecule has 1 unspecified atom stereocenters. The number of carboxylic acids is 1. The fourth-order valence-corrected chi connectivity index (χ4v) is 4.47. The summed E-state index contributed by atoms with van der Waals surface area (Å²) in [5, 5.41) is 9.20. The number of pyridine rings is 1.